The Bertz CT molecular complexity index is 799. The fourth-order valence-corrected chi connectivity index (χ4v) is 3.40. The van der Waals surface area contributed by atoms with Crippen LogP contribution >= 0.6 is 0 Å². The first-order valence-corrected chi connectivity index (χ1v) is 9.33. The summed E-state index contributed by atoms with van der Waals surface area (Å²) in [4.78, 5) is 26.9. The summed E-state index contributed by atoms with van der Waals surface area (Å²) in [6.07, 6.45) is 1.04. The fourth-order valence-electron chi connectivity index (χ4n) is 3.40. The lowest BCUT2D eigenvalue weighted by Crippen LogP contribution is -2.35. The van der Waals surface area contributed by atoms with Crippen LogP contribution in [0, 0.1) is 12.8 Å². The molecule has 142 valence electrons. The molecule has 1 aliphatic rings. The number of hydrogen-bond acceptors (Lipinski definition) is 3. The number of methoxy groups -OCH3 is 1. The van der Waals surface area contributed by atoms with Gasteiger partial charge in [0, 0.05) is 18.7 Å². The van der Waals surface area contributed by atoms with E-state index in [-0.39, 0.29) is 30.2 Å². The normalized spacial score (nSPS) is 17.7. The van der Waals surface area contributed by atoms with Crippen molar-refractivity contribution in [3.05, 3.63) is 59.7 Å². The number of anilines is 1. The summed E-state index contributed by atoms with van der Waals surface area (Å²) in [6, 6.07) is 15.5. The van der Waals surface area contributed by atoms with E-state index in [0.29, 0.717) is 6.54 Å². The van der Waals surface area contributed by atoms with Gasteiger partial charge in [-0.2, -0.15) is 0 Å². The highest BCUT2D eigenvalue weighted by Crippen LogP contribution is 2.28. The Kier molecular flexibility index (Phi) is 5.79. The standard InChI is InChI=1S/C22H26N2O3/c1-4-20(16-7-5-15(2)6-8-16)23-22(26)17-13-21(25)24(14-17)18-9-11-19(27-3)12-10-18/h5-12,17,20H,4,13-14H2,1-3H3,(H,23,26). The fraction of sp³-hybridized carbons (Fsp3) is 0.364. The molecule has 0 aliphatic carbocycles. The Morgan fingerprint density at radius 2 is 1.85 bits per heavy atom. The van der Waals surface area contributed by atoms with Gasteiger partial charge in [-0.05, 0) is 43.2 Å². The Balaban J connectivity index is 1.66. The van der Waals surface area contributed by atoms with E-state index in [1.165, 1.54) is 5.56 Å². The van der Waals surface area contributed by atoms with E-state index in [1.54, 1.807) is 12.0 Å². The lowest BCUT2D eigenvalue weighted by atomic mass is 10.0. The minimum Gasteiger partial charge on any atom is -0.497 e. The SMILES string of the molecule is CCC(NC(=O)C1CC(=O)N(c2ccc(OC)cc2)C1)c1ccc(C)cc1. The third-order valence-electron chi connectivity index (χ3n) is 5.08. The summed E-state index contributed by atoms with van der Waals surface area (Å²) >= 11 is 0. The first-order chi connectivity index (χ1) is 13.0. The van der Waals surface area contributed by atoms with Crippen molar-refractivity contribution in [2.45, 2.75) is 32.7 Å². The lowest BCUT2D eigenvalue weighted by molar-refractivity contribution is -0.127. The molecule has 1 N–H and O–H groups in total. The molecule has 5 nitrogen and oxygen atoms in total. The van der Waals surface area contributed by atoms with Crippen molar-refractivity contribution in [2.24, 2.45) is 5.92 Å². The van der Waals surface area contributed by atoms with Gasteiger partial charge in [-0.25, -0.2) is 0 Å². The van der Waals surface area contributed by atoms with E-state index in [2.05, 4.69) is 17.4 Å². The van der Waals surface area contributed by atoms with E-state index < -0.39 is 0 Å². The number of nitrogens with one attached hydrogen (secondary N) is 1. The van der Waals surface area contributed by atoms with Crippen LogP contribution in [-0.4, -0.2) is 25.5 Å². The molecule has 2 aromatic carbocycles. The van der Waals surface area contributed by atoms with Crippen molar-refractivity contribution in [3.63, 3.8) is 0 Å². The van der Waals surface area contributed by atoms with Crippen molar-refractivity contribution in [3.8, 4) is 5.75 Å². The van der Waals surface area contributed by atoms with Crippen LogP contribution in [0.2, 0.25) is 0 Å². The Labute approximate surface area is 160 Å². The monoisotopic (exact) mass is 366 g/mol. The number of hydrogen-bond donors (Lipinski definition) is 1. The Morgan fingerprint density at radius 1 is 1.19 bits per heavy atom. The number of carbonyl (C=O) groups is 2. The molecule has 2 atom stereocenters. The molecule has 1 saturated heterocycles. The third-order valence-corrected chi connectivity index (χ3v) is 5.08. The number of ether oxygens (including phenoxy) is 1. The molecule has 1 aliphatic heterocycles. The number of amides is 2. The Hall–Kier alpha value is -2.82. The zero-order chi connectivity index (χ0) is 19.4. The summed E-state index contributed by atoms with van der Waals surface area (Å²) in [5.41, 5.74) is 3.07. The summed E-state index contributed by atoms with van der Waals surface area (Å²) < 4.78 is 5.16. The number of rotatable bonds is 6. The van der Waals surface area contributed by atoms with Crippen molar-refractivity contribution in [1.29, 1.82) is 0 Å². The molecular formula is C22H26N2O3. The molecule has 0 spiro atoms. The molecule has 2 aromatic rings. The zero-order valence-electron chi connectivity index (χ0n) is 16.1. The average Bonchev–Trinajstić information content (AvgIpc) is 3.08. The second kappa shape index (κ2) is 8.25. The maximum atomic E-state index is 12.8. The van der Waals surface area contributed by atoms with Crippen LogP contribution in [0.15, 0.2) is 48.5 Å². The van der Waals surface area contributed by atoms with Crippen LogP contribution in [0.3, 0.4) is 0 Å². The molecule has 0 saturated carbocycles. The molecule has 0 bridgehead atoms. The molecule has 1 fully saturated rings. The van der Waals surface area contributed by atoms with Crippen LogP contribution in [0.25, 0.3) is 0 Å². The van der Waals surface area contributed by atoms with Crippen molar-refractivity contribution in [1.82, 2.24) is 5.32 Å². The smallest absolute Gasteiger partial charge is 0.227 e. The highest BCUT2D eigenvalue weighted by molar-refractivity contribution is 6.00. The molecule has 5 heteroatoms. The van der Waals surface area contributed by atoms with E-state index in [9.17, 15) is 9.59 Å². The molecule has 1 heterocycles. The molecule has 0 aromatic heterocycles. The molecule has 27 heavy (non-hydrogen) atoms. The largest absolute Gasteiger partial charge is 0.497 e. The Morgan fingerprint density at radius 3 is 2.44 bits per heavy atom. The van der Waals surface area contributed by atoms with Crippen LogP contribution in [-0.2, 0) is 9.59 Å². The van der Waals surface area contributed by atoms with E-state index in [4.69, 9.17) is 4.74 Å². The molecule has 2 unspecified atom stereocenters. The summed E-state index contributed by atoms with van der Waals surface area (Å²) in [7, 11) is 1.61. The number of aryl methyl sites for hydroxylation is 1. The van der Waals surface area contributed by atoms with E-state index in [0.717, 1.165) is 23.4 Å². The van der Waals surface area contributed by atoms with Crippen molar-refractivity contribution >= 4 is 17.5 Å². The second-order valence-electron chi connectivity index (χ2n) is 6.98. The zero-order valence-corrected chi connectivity index (χ0v) is 16.1. The quantitative estimate of drug-likeness (QED) is 0.849. The molecule has 2 amide bonds. The second-order valence-corrected chi connectivity index (χ2v) is 6.98. The van der Waals surface area contributed by atoms with Gasteiger partial charge < -0.3 is 15.0 Å². The number of nitrogens with zero attached hydrogens (tertiary/aromatic N) is 1. The molecule has 3 rings (SSSR count). The minimum absolute atomic E-state index is 0.0244. The van der Waals surface area contributed by atoms with Gasteiger partial charge in [0.1, 0.15) is 5.75 Å². The van der Waals surface area contributed by atoms with Crippen LogP contribution in [0.5, 0.6) is 5.75 Å². The maximum absolute atomic E-state index is 12.8. The molecule has 0 radical (unpaired) electrons. The maximum Gasteiger partial charge on any atom is 0.227 e. The molecular weight excluding hydrogens is 340 g/mol. The van der Waals surface area contributed by atoms with Crippen molar-refractivity contribution in [2.75, 3.05) is 18.6 Å². The lowest BCUT2D eigenvalue weighted by Gasteiger charge is -2.21. The minimum atomic E-state index is -0.334. The van der Waals surface area contributed by atoms with Gasteiger partial charge in [0.05, 0.1) is 19.1 Å². The average molecular weight is 366 g/mol. The van der Waals surface area contributed by atoms with Gasteiger partial charge in [0.15, 0.2) is 0 Å². The first-order valence-electron chi connectivity index (χ1n) is 9.33. The van der Waals surface area contributed by atoms with Gasteiger partial charge in [0.2, 0.25) is 11.8 Å². The third kappa shape index (κ3) is 4.30. The van der Waals surface area contributed by atoms with Gasteiger partial charge in [-0.1, -0.05) is 36.8 Å². The van der Waals surface area contributed by atoms with Gasteiger partial charge in [0.25, 0.3) is 0 Å². The predicted octanol–water partition coefficient (Wildman–Crippen LogP) is 3.62. The van der Waals surface area contributed by atoms with Gasteiger partial charge in [-0.15, -0.1) is 0 Å². The van der Waals surface area contributed by atoms with E-state index in [1.807, 2.05) is 50.2 Å². The van der Waals surface area contributed by atoms with Crippen LogP contribution in [0.4, 0.5) is 5.69 Å². The van der Waals surface area contributed by atoms with Gasteiger partial charge >= 0.3 is 0 Å². The first kappa shape index (κ1) is 19.0. The summed E-state index contributed by atoms with van der Waals surface area (Å²) in [5.74, 6) is 0.318. The highest BCUT2D eigenvalue weighted by Gasteiger charge is 2.35. The van der Waals surface area contributed by atoms with Gasteiger partial charge in [-0.3, -0.25) is 9.59 Å². The topological polar surface area (TPSA) is 58.6 Å². The van der Waals surface area contributed by atoms with E-state index >= 15 is 0 Å². The predicted molar refractivity (Wildman–Crippen MR) is 106 cm³/mol. The summed E-state index contributed by atoms with van der Waals surface area (Å²) in [6.45, 7) is 4.50. The van der Waals surface area contributed by atoms with Crippen LogP contribution in [0.1, 0.15) is 36.9 Å². The summed E-state index contributed by atoms with van der Waals surface area (Å²) in [5, 5.41) is 3.12. The number of carbonyl (C=O) groups excluding carboxylic acids is 2. The highest BCUT2D eigenvalue weighted by atomic mass is 16.5. The van der Waals surface area contributed by atoms with Crippen LogP contribution < -0.4 is 15.0 Å². The number of benzene rings is 2. The van der Waals surface area contributed by atoms with Crippen molar-refractivity contribution < 1.29 is 14.3 Å².